The van der Waals surface area contributed by atoms with E-state index in [4.69, 9.17) is 26.6 Å². The van der Waals surface area contributed by atoms with Gasteiger partial charge in [-0.2, -0.15) is 4.98 Å². The lowest BCUT2D eigenvalue weighted by Gasteiger charge is -2.40. The van der Waals surface area contributed by atoms with Gasteiger partial charge in [0.05, 0.1) is 38.7 Å². The normalized spacial score (nSPS) is 17.0. The number of rotatable bonds is 7. The van der Waals surface area contributed by atoms with Crippen molar-refractivity contribution < 1.29 is 14.3 Å². The molecular weight excluding hydrogens is 649 g/mol. The first kappa shape index (κ1) is 34.3. The SMILES string of the molecule is C=CC(=O)N1CCN(c2nc(=O)n(-c3c(C(C)C)nc(N4CCNCC4)nc3C(C)C)c3nc(-c4c(O)cccc4F)c(Cl)cc23)[C@@H](C)C1. The molecule has 12 nitrogen and oxygen atoms in total. The fourth-order valence-corrected chi connectivity index (χ4v) is 6.81. The van der Waals surface area contributed by atoms with Gasteiger partial charge in [-0.05, 0) is 43.0 Å². The second-order valence-corrected chi connectivity index (χ2v) is 13.5. The molecule has 1 amide bonds. The van der Waals surface area contributed by atoms with Gasteiger partial charge in [-0.3, -0.25) is 4.79 Å². The third-order valence-corrected chi connectivity index (χ3v) is 9.35. The minimum atomic E-state index is -0.719. The number of anilines is 2. The van der Waals surface area contributed by atoms with Crippen LogP contribution in [0.5, 0.6) is 5.75 Å². The lowest BCUT2D eigenvalue weighted by Crippen LogP contribution is -2.54. The molecule has 0 aliphatic carbocycles. The molecule has 0 bridgehead atoms. The van der Waals surface area contributed by atoms with E-state index in [1.54, 1.807) is 11.0 Å². The molecule has 2 aliphatic rings. The highest BCUT2D eigenvalue weighted by molar-refractivity contribution is 6.34. The number of phenols is 1. The molecule has 0 saturated carbocycles. The molecule has 14 heteroatoms. The van der Waals surface area contributed by atoms with Gasteiger partial charge in [-0.25, -0.2) is 28.7 Å². The van der Waals surface area contributed by atoms with Crippen LogP contribution in [0.15, 0.2) is 41.7 Å². The maximum absolute atomic E-state index is 15.3. The number of carbonyl (C=O) groups is 1. The summed E-state index contributed by atoms with van der Waals surface area (Å²) >= 11 is 6.85. The first-order valence-electron chi connectivity index (χ1n) is 16.6. The van der Waals surface area contributed by atoms with E-state index in [1.807, 2.05) is 39.5 Å². The maximum Gasteiger partial charge on any atom is 0.355 e. The highest BCUT2D eigenvalue weighted by Crippen LogP contribution is 2.40. The Labute approximate surface area is 289 Å². The van der Waals surface area contributed by atoms with E-state index in [1.165, 1.54) is 28.8 Å². The average Bonchev–Trinajstić information content (AvgIpc) is 3.08. The number of fused-ring (bicyclic) bond motifs is 1. The second-order valence-electron chi connectivity index (χ2n) is 13.1. The molecule has 3 aromatic heterocycles. The molecule has 2 aliphatic heterocycles. The number of nitrogens with one attached hydrogen (secondary N) is 1. The number of halogens is 2. The molecule has 0 spiro atoms. The molecule has 6 rings (SSSR count). The van der Waals surface area contributed by atoms with E-state index in [0.717, 1.165) is 26.2 Å². The molecule has 0 radical (unpaired) electrons. The van der Waals surface area contributed by atoms with Crippen LogP contribution in [-0.2, 0) is 4.79 Å². The van der Waals surface area contributed by atoms with Crippen LogP contribution in [0.4, 0.5) is 16.2 Å². The fourth-order valence-electron chi connectivity index (χ4n) is 6.57. The van der Waals surface area contributed by atoms with Gasteiger partial charge in [0, 0.05) is 51.9 Å². The van der Waals surface area contributed by atoms with Crippen LogP contribution < -0.4 is 20.8 Å². The molecule has 1 atom stereocenters. The zero-order chi connectivity index (χ0) is 35.1. The Morgan fingerprint density at radius 2 is 1.73 bits per heavy atom. The van der Waals surface area contributed by atoms with Crippen molar-refractivity contribution in [3.05, 3.63) is 69.6 Å². The van der Waals surface area contributed by atoms with Crippen LogP contribution in [0.1, 0.15) is 57.8 Å². The number of piperazine rings is 2. The van der Waals surface area contributed by atoms with Gasteiger partial charge in [-0.15, -0.1) is 0 Å². The standard InChI is InChI=1S/C35H41ClFN9O3/c1-7-26(48)44-15-16-45(21(6)18-44)32-22-17-23(36)30(27-24(37)9-8-10-25(27)47)39-33(22)46(35(49)42-32)31-28(19(2)3)40-34(41-29(31)20(4)5)43-13-11-38-12-14-43/h7-10,17,19-21,38,47H,1,11-16,18H2,2-6H3/t21-/m0/s1. The molecule has 2 saturated heterocycles. The number of phenolic OH excluding ortho intramolecular Hbond substituents is 1. The number of pyridine rings is 1. The number of aromatic hydroxyl groups is 1. The highest BCUT2D eigenvalue weighted by Gasteiger charge is 2.32. The summed E-state index contributed by atoms with van der Waals surface area (Å²) in [5.41, 5.74) is 1.07. The number of amides is 1. The van der Waals surface area contributed by atoms with Crippen LogP contribution >= 0.6 is 11.6 Å². The van der Waals surface area contributed by atoms with E-state index in [9.17, 15) is 14.7 Å². The second kappa shape index (κ2) is 13.7. The molecule has 2 N–H and O–H groups in total. The number of benzene rings is 1. The van der Waals surface area contributed by atoms with Gasteiger partial charge in [0.25, 0.3) is 0 Å². The first-order valence-corrected chi connectivity index (χ1v) is 17.0. The highest BCUT2D eigenvalue weighted by atomic mass is 35.5. The third-order valence-electron chi connectivity index (χ3n) is 9.06. The quantitative estimate of drug-likeness (QED) is 0.265. The third kappa shape index (κ3) is 6.32. The first-order chi connectivity index (χ1) is 23.4. The molecule has 5 heterocycles. The average molecular weight is 690 g/mol. The summed E-state index contributed by atoms with van der Waals surface area (Å²) in [7, 11) is 0. The number of hydrogen-bond acceptors (Lipinski definition) is 10. The van der Waals surface area contributed by atoms with Crippen molar-refractivity contribution in [3.63, 3.8) is 0 Å². The summed E-state index contributed by atoms with van der Waals surface area (Å²) in [5, 5.41) is 14.6. The molecule has 2 fully saturated rings. The van der Waals surface area contributed by atoms with Crippen molar-refractivity contribution in [3.8, 4) is 22.7 Å². The van der Waals surface area contributed by atoms with Crippen molar-refractivity contribution in [2.75, 3.05) is 55.6 Å². The van der Waals surface area contributed by atoms with Crippen molar-refractivity contribution in [1.82, 2.24) is 34.7 Å². The summed E-state index contributed by atoms with van der Waals surface area (Å²) in [6, 6.07) is 5.34. The Bertz CT molecular complexity index is 1940. The van der Waals surface area contributed by atoms with Crippen LogP contribution in [-0.4, -0.2) is 92.3 Å². The zero-order valence-corrected chi connectivity index (χ0v) is 29.1. The molecular formula is C35H41ClFN9O3. The Hall–Kier alpha value is -4.62. The maximum atomic E-state index is 15.3. The Kier molecular flexibility index (Phi) is 9.58. The summed E-state index contributed by atoms with van der Waals surface area (Å²) in [5.74, 6) is -0.568. The smallest absolute Gasteiger partial charge is 0.355 e. The predicted molar refractivity (Wildman–Crippen MR) is 190 cm³/mol. The van der Waals surface area contributed by atoms with Crippen LogP contribution in [0, 0.1) is 5.82 Å². The van der Waals surface area contributed by atoms with E-state index in [-0.39, 0.29) is 51.5 Å². The van der Waals surface area contributed by atoms with Crippen molar-refractivity contribution in [2.45, 2.75) is 52.5 Å². The van der Waals surface area contributed by atoms with E-state index in [0.29, 0.717) is 53.9 Å². The Morgan fingerprint density at radius 1 is 1.06 bits per heavy atom. The van der Waals surface area contributed by atoms with E-state index < -0.39 is 11.5 Å². The summed E-state index contributed by atoms with van der Waals surface area (Å²) in [6.07, 6.45) is 1.29. The zero-order valence-electron chi connectivity index (χ0n) is 28.4. The lowest BCUT2D eigenvalue weighted by molar-refractivity contribution is -0.126. The fraction of sp³-hybridized carbons (Fsp3) is 0.429. The summed E-state index contributed by atoms with van der Waals surface area (Å²) in [6.45, 7) is 17.8. The molecule has 258 valence electrons. The number of carbonyl (C=O) groups excluding carboxylic acids is 1. The monoisotopic (exact) mass is 689 g/mol. The van der Waals surface area contributed by atoms with Crippen LogP contribution in [0.3, 0.4) is 0 Å². The minimum absolute atomic E-state index is 0.0277. The lowest BCUT2D eigenvalue weighted by atomic mass is 10.0. The Morgan fingerprint density at radius 3 is 2.33 bits per heavy atom. The largest absolute Gasteiger partial charge is 0.507 e. The van der Waals surface area contributed by atoms with Gasteiger partial charge in [0.1, 0.15) is 17.4 Å². The number of aromatic nitrogens is 5. The molecule has 0 unspecified atom stereocenters. The van der Waals surface area contributed by atoms with Crippen molar-refractivity contribution >= 4 is 40.3 Å². The van der Waals surface area contributed by atoms with Gasteiger partial charge in [0.15, 0.2) is 5.65 Å². The van der Waals surface area contributed by atoms with E-state index in [2.05, 4.69) is 21.8 Å². The van der Waals surface area contributed by atoms with Gasteiger partial charge in [0.2, 0.25) is 11.9 Å². The summed E-state index contributed by atoms with van der Waals surface area (Å²) < 4.78 is 16.7. The van der Waals surface area contributed by atoms with Crippen LogP contribution in [0.2, 0.25) is 5.02 Å². The predicted octanol–water partition coefficient (Wildman–Crippen LogP) is 4.62. The molecule has 1 aromatic carbocycles. The number of hydrogen-bond donors (Lipinski definition) is 2. The number of nitrogens with zero attached hydrogens (tertiary/aromatic N) is 8. The van der Waals surface area contributed by atoms with Gasteiger partial charge < -0.3 is 25.1 Å². The Balaban J connectivity index is 1.66. The van der Waals surface area contributed by atoms with Gasteiger partial charge >= 0.3 is 5.69 Å². The molecule has 49 heavy (non-hydrogen) atoms. The van der Waals surface area contributed by atoms with Crippen LogP contribution in [0.25, 0.3) is 28.0 Å². The minimum Gasteiger partial charge on any atom is -0.507 e. The van der Waals surface area contributed by atoms with Gasteiger partial charge in [-0.1, -0.05) is 51.9 Å². The van der Waals surface area contributed by atoms with Crippen molar-refractivity contribution in [1.29, 1.82) is 0 Å². The topological polar surface area (TPSA) is 133 Å². The summed E-state index contributed by atoms with van der Waals surface area (Å²) in [4.78, 5) is 52.3. The molecule has 4 aromatic rings. The van der Waals surface area contributed by atoms with Crippen molar-refractivity contribution in [2.24, 2.45) is 0 Å². The van der Waals surface area contributed by atoms with E-state index >= 15 is 4.39 Å².